The zero-order valence-corrected chi connectivity index (χ0v) is 15.2. The molecule has 126 valence electrons. The third-order valence-electron chi connectivity index (χ3n) is 3.48. The monoisotopic (exact) mass is 367 g/mol. The fourth-order valence-electron chi connectivity index (χ4n) is 2.13. The van der Waals surface area contributed by atoms with Crippen molar-refractivity contribution in [3.63, 3.8) is 0 Å². The Bertz CT molecular complexity index is 597. The van der Waals surface area contributed by atoms with Crippen LogP contribution in [0.4, 0.5) is 0 Å². The number of likely N-dealkylation sites (N-methyl/N-ethyl adjacent to an activating group) is 1. The van der Waals surface area contributed by atoms with Gasteiger partial charge in [-0.05, 0) is 18.6 Å². The number of carbonyl (C=O) groups is 1. The van der Waals surface area contributed by atoms with E-state index in [1.54, 1.807) is 11.0 Å². The number of rotatable bonds is 5. The molecule has 1 N–H and O–H groups in total. The van der Waals surface area contributed by atoms with Crippen molar-refractivity contribution in [1.29, 1.82) is 0 Å². The van der Waals surface area contributed by atoms with E-state index in [2.05, 4.69) is 5.32 Å². The van der Waals surface area contributed by atoms with Crippen LogP contribution >= 0.6 is 23.7 Å². The van der Waals surface area contributed by atoms with Crippen LogP contribution in [0.2, 0.25) is 0 Å². The maximum absolute atomic E-state index is 12.4. The molecule has 0 unspecified atom stereocenters. The predicted molar refractivity (Wildman–Crippen MR) is 90.2 cm³/mol. The van der Waals surface area contributed by atoms with Gasteiger partial charge in [0.25, 0.3) is 10.0 Å². The van der Waals surface area contributed by atoms with Crippen molar-refractivity contribution in [1.82, 2.24) is 14.5 Å². The van der Waals surface area contributed by atoms with Crippen LogP contribution < -0.4 is 5.32 Å². The molecule has 22 heavy (non-hydrogen) atoms. The van der Waals surface area contributed by atoms with Gasteiger partial charge in [-0.2, -0.15) is 4.31 Å². The SMILES string of the molecule is CCc1ccc(S(=O)(=O)N(C)CC(=O)N2CCNCC2)s1.Cl. The first-order chi connectivity index (χ1) is 9.95. The number of hydrogen-bond acceptors (Lipinski definition) is 5. The van der Waals surface area contributed by atoms with Crippen molar-refractivity contribution in [3.8, 4) is 0 Å². The van der Waals surface area contributed by atoms with E-state index in [4.69, 9.17) is 0 Å². The second kappa shape index (κ2) is 8.26. The second-order valence-corrected chi connectivity index (χ2v) is 8.41. The van der Waals surface area contributed by atoms with E-state index in [0.29, 0.717) is 17.3 Å². The Hall–Kier alpha value is -0.670. The minimum atomic E-state index is -3.57. The van der Waals surface area contributed by atoms with Crippen molar-refractivity contribution in [3.05, 3.63) is 17.0 Å². The minimum Gasteiger partial charge on any atom is -0.339 e. The molecule has 6 nitrogen and oxygen atoms in total. The Morgan fingerprint density at radius 2 is 2.00 bits per heavy atom. The standard InChI is InChI=1S/C13H21N3O3S2.ClH/c1-3-11-4-5-13(20-11)21(18,19)15(2)10-12(17)16-8-6-14-7-9-16;/h4-5,14H,3,6-10H2,1-2H3;1H. The van der Waals surface area contributed by atoms with Gasteiger partial charge in [-0.25, -0.2) is 8.42 Å². The number of amides is 1. The van der Waals surface area contributed by atoms with E-state index in [1.807, 2.05) is 13.0 Å². The molecule has 1 aromatic rings. The largest absolute Gasteiger partial charge is 0.339 e. The number of piperazine rings is 1. The first kappa shape index (κ1) is 19.4. The highest BCUT2D eigenvalue weighted by molar-refractivity contribution is 7.91. The Morgan fingerprint density at radius 3 is 2.55 bits per heavy atom. The molecule has 1 aromatic heterocycles. The third-order valence-corrected chi connectivity index (χ3v) is 6.98. The number of aryl methyl sites for hydroxylation is 1. The zero-order valence-electron chi connectivity index (χ0n) is 12.7. The molecular weight excluding hydrogens is 346 g/mol. The van der Waals surface area contributed by atoms with E-state index >= 15 is 0 Å². The van der Waals surface area contributed by atoms with Gasteiger partial charge >= 0.3 is 0 Å². The van der Waals surface area contributed by atoms with Gasteiger partial charge in [-0.3, -0.25) is 4.79 Å². The van der Waals surface area contributed by atoms with Gasteiger partial charge in [-0.1, -0.05) is 6.92 Å². The molecular formula is C13H22ClN3O3S2. The highest BCUT2D eigenvalue weighted by Gasteiger charge is 2.26. The molecule has 2 rings (SSSR count). The van der Waals surface area contributed by atoms with Gasteiger partial charge in [-0.15, -0.1) is 23.7 Å². The van der Waals surface area contributed by atoms with Crippen LogP contribution in [0.5, 0.6) is 0 Å². The highest BCUT2D eigenvalue weighted by atomic mass is 35.5. The summed E-state index contributed by atoms with van der Waals surface area (Å²) in [6, 6.07) is 3.44. The van der Waals surface area contributed by atoms with E-state index < -0.39 is 10.0 Å². The molecule has 9 heteroatoms. The van der Waals surface area contributed by atoms with Crippen LogP contribution in [-0.4, -0.2) is 63.3 Å². The molecule has 0 bridgehead atoms. The Kier molecular flexibility index (Phi) is 7.27. The maximum atomic E-state index is 12.4. The van der Waals surface area contributed by atoms with Gasteiger partial charge in [0.2, 0.25) is 5.91 Å². The summed E-state index contributed by atoms with van der Waals surface area (Å²) >= 11 is 1.27. The topological polar surface area (TPSA) is 69.7 Å². The van der Waals surface area contributed by atoms with Crippen LogP contribution in [0.15, 0.2) is 16.3 Å². The van der Waals surface area contributed by atoms with Crippen LogP contribution in [0.25, 0.3) is 0 Å². The quantitative estimate of drug-likeness (QED) is 0.835. The number of carbonyl (C=O) groups excluding carboxylic acids is 1. The van der Waals surface area contributed by atoms with E-state index in [0.717, 1.165) is 28.7 Å². The zero-order chi connectivity index (χ0) is 15.5. The van der Waals surface area contributed by atoms with Crippen molar-refractivity contribution >= 4 is 39.7 Å². The maximum Gasteiger partial charge on any atom is 0.252 e. The molecule has 0 spiro atoms. The summed E-state index contributed by atoms with van der Waals surface area (Å²) in [5, 5.41) is 3.16. The lowest BCUT2D eigenvalue weighted by molar-refractivity contribution is -0.131. The Morgan fingerprint density at radius 1 is 1.36 bits per heavy atom. The lowest BCUT2D eigenvalue weighted by atomic mass is 10.3. The summed E-state index contributed by atoms with van der Waals surface area (Å²) in [6.45, 7) is 4.65. The van der Waals surface area contributed by atoms with Crippen molar-refractivity contribution in [2.75, 3.05) is 39.8 Å². The van der Waals surface area contributed by atoms with Gasteiger partial charge < -0.3 is 10.2 Å². The van der Waals surface area contributed by atoms with Gasteiger partial charge in [0.05, 0.1) is 6.54 Å². The summed E-state index contributed by atoms with van der Waals surface area (Å²) in [4.78, 5) is 14.9. The van der Waals surface area contributed by atoms with Crippen LogP contribution in [0.3, 0.4) is 0 Å². The van der Waals surface area contributed by atoms with Crippen molar-refractivity contribution in [2.24, 2.45) is 0 Å². The number of sulfonamides is 1. The number of nitrogens with one attached hydrogen (secondary N) is 1. The fourth-order valence-corrected chi connectivity index (χ4v) is 4.76. The fraction of sp³-hybridized carbons (Fsp3) is 0.615. The first-order valence-electron chi connectivity index (χ1n) is 6.98. The molecule has 0 aliphatic carbocycles. The summed E-state index contributed by atoms with van der Waals surface area (Å²) in [6.07, 6.45) is 0.809. The molecule has 0 radical (unpaired) electrons. The summed E-state index contributed by atoms with van der Waals surface area (Å²) < 4.78 is 26.3. The molecule has 0 aromatic carbocycles. The van der Waals surface area contributed by atoms with Gasteiger partial charge in [0, 0.05) is 38.1 Å². The molecule has 0 atom stereocenters. The highest BCUT2D eigenvalue weighted by Crippen LogP contribution is 2.24. The summed E-state index contributed by atoms with van der Waals surface area (Å²) in [7, 11) is -2.11. The number of halogens is 1. The molecule has 2 heterocycles. The number of nitrogens with zero attached hydrogens (tertiary/aromatic N) is 2. The molecule has 1 fully saturated rings. The minimum absolute atomic E-state index is 0. The lowest BCUT2D eigenvalue weighted by Gasteiger charge is -2.28. The second-order valence-electron chi connectivity index (χ2n) is 4.97. The van der Waals surface area contributed by atoms with Crippen molar-refractivity contribution < 1.29 is 13.2 Å². The Balaban J connectivity index is 0.00000242. The lowest BCUT2D eigenvalue weighted by Crippen LogP contribution is -2.49. The van der Waals surface area contributed by atoms with Gasteiger partial charge in [0.1, 0.15) is 4.21 Å². The smallest absolute Gasteiger partial charge is 0.252 e. The normalized spacial score (nSPS) is 15.7. The average molecular weight is 368 g/mol. The van der Waals surface area contributed by atoms with Crippen LogP contribution in [-0.2, 0) is 21.2 Å². The molecule has 1 amide bonds. The predicted octanol–water partition coefficient (Wildman–Crippen LogP) is 0.785. The van der Waals surface area contributed by atoms with Crippen LogP contribution in [0, 0.1) is 0 Å². The van der Waals surface area contributed by atoms with Crippen molar-refractivity contribution in [2.45, 2.75) is 17.6 Å². The van der Waals surface area contributed by atoms with E-state index in [9.17, 15) is 13.2 Å². The number of hydrogen-bond donors (Lipinski definition) is 1. The first-order valence-corrected chi connectivity index (χ1v) is 9.24. The average Bonchev–Trinajstić information content (AvgIpc) is 2.97. The molecule has 1 saturated heterocycles. The molecule has 1 aliphatic heterocycles. The summed E-state index contributed by atoms with van der Waals surface area (Å²) in [5.74, 6) is -0.144. The summed E-state index contributed by atoms with van der Waals surface area (Å²) in [5.41, 5.74) is 0. The van der Waals surface area contributed by atoms with E-state index in [-0.39, 0.29) is 24.9 Å². The van der Waals surface area contributed by atoms with Crippen LogP contribution in [0.1, 0.15) is 11.8 Å². The Labute approximate surface area is 141 Å². The molecule has 1 aliphatic rings. The van der Waals surface area contributed by atoms with E-state index in [1.165, 1.54) is 18.4 Å². The number of thiophene rings is 1. The molecule has 0 saturated carbocycles. The third kappa shape index (κ3) is 4.42. The van der Waals surface area contributed by atoms with Gasteiger partial charge in [0.15, 0.2) is 0 Å².